The molecule has 7 heteroatoms. The zero-order valence-corrected chi connectivity index (χ0v) is 13.3. The van der Waals surface area contributed by atoms with Gasteiger partial charge in [-0.15, -0.1) is 0 Å². The van der Waals surface area contributed by atoms with Crippen molar-refractivity contribution >= 4 is 47.8 Å². The summed E-state index contributed by atoms with van der Waals surface area (Å²) < 4.78 is 33.6. The number of pyridine rings is 1. The van der Waals surface area contributed by atoms with E-state index in [4.69, 9.17) is 4.74 Å². The monoisotopic (exact) mass is 441 g/mol. The van der Waals surface area contributed by atoms with Gasteiger partial charge in [-0.05, 0) is 50.1 Å². The molecule has 1 heterocycles. The molecule has 0 saturated carbocycles. The fraction of sp³-hybridized carbons (Fsp3) is 0. The third-order valence-electron chi connectivity index (χ3n) is 1.94. The van der Waals surface area contributed by atoms with Crippen molar-refractivity contribution in [3.8, 4) is 11.6 Å². The van der Waals surface area contributed by atoms with Crippen LogP contribution in [0.3, 0.4) is 0 Å². The normalized spacial score (nSPS) is 10.5. The lowest BCUT2D eigenvalue weighted by atomic mass is 10.3. The minimum Gasteiger partial charge on any atom is -0.435 e. The number of benzene rings is 1. The van der Waals surface area contributed by atoms with E-state index in [1.54, 1.807) is 6.07 Å². The van der Waals surface area contributed by atoms with Crippen molar-refractivity contribution in [1.82, 2.24) is 4.98 Å². The first kappa shape index (κ1) is 13.9. The molecule has 0 aliphatic rings. The first-order valence-corrected chi connectivity index (χ1v) is 6.98. The van der Waals surface area contributed by atoms with Gasteiger partial charge in [-0.2, -0.15) is 4.39 Å². The lowest BCUT2D eigenvalue weighted by Gasteiger charge is -2.08. The summed E-state index contributed by atoms with van der Waals surface area (Å²) in [6, 6.07) is 4.04. The molecule has 94 valence electrons. The summed E-state index contributed by atoms with van der Waals surface area (Å²) in [5.41, 5.74) is 0. The van der Waals surface area contributed by atoms with E-state index in [1.807, 2.05) is 0 Å². The van der Waals surface area contributed by atoms with Crippen molar-refractivity contribution in [2.24, 2.45) is 0 Å². The second-order valence-electron chi connectivity index (χ2n) is 3.24. The maximum Gasteiger partial charge on any atom is 0.233 e. The van der Waals surface area contributed by atoms with Crippen LogP contribution in [0.1, 0.15) is 0 Å². The Morgan fingerprint density at radius 2 is 1.72 bits per heavy atom. The highest BCUT2D eigenvalue weighted by Crippen LogP contribution is 2.33. The Labute approximate surface area is 127 Å². The molecular formula is C11H4Br3F2NO. The first-order valence-electron chi connectivity index (χ1n) is 4.61. The molecule has 0 fully saturated rings. The molecule has 0 unspecified atom stereocenters. The number of ether oxygens (including phenoxy) is 1. The maximum atomic E-state index is 13.5. The zero-order valence-electron chi connectivity index (χ0n) is 8.55. The highest BCUT2D eigenvalue weighted by molar-refractivity contribution is 9.11. The van der Waals surface area contributed by atoms with Gasteiger partial charge in [0.25, 0.3) is 0 Å². The van der Waals surface area contributed by atoms with E-state index >= 15 is 0 Å². The fourth-order valence-electron chi connectivity index (χ4n) is 1.19. The van der Waals surface area contributed by atoms with Gasteiger partial charge >= 0.3 is 0 Å². The molecule has 2 nitrogen and oxygen atoms in total. The molecule has 0 bridgehead atoms. The molecule has 0 radical (unpaired) electrons. The Balaban J connectivity index is 2.40. The van der Waals surface area contributed by atoms with E-state index in [2.05, 4.69) is 52.8 Å². The molecule has 0 aliphatic carbocycles. The number of aromatic nitrogens is 1. The van der Waals surface area contributed by atoms with E-state index in [0.29, 0.717) is 8.95 Å². The second kappa shape index (κ2) is 5.63. The number of hydrogen-bond acceptors (Lipinski definition) is 2. The molecule has 0 saturated heterocycles. The Kier molecular flexibility index (Phi) is 4.34. The van der Waals surface area contributed by atoms with Crippen LogP contribution < -0.4 is 4.74 Å². The van der Waals surface area contributed by atoms with Crippen LogP contribution in [-0.4, -0.2) is 4.98 Å². The molecule has 1 aromatic heterocycles. The van der Waals surface area contributed by atoms with Crippen molar-refractivity contribution < 1.29 is 13.5 Å². The first-order chi connectivity index (χ1) is 8.47. The van der Waals surface area contributed by atoms with E-state index in [-0.39, 0.29) is 11.6 Å². The van der Waals surface area contributed by atoms with Crippen molar-refractivity contribution in [2.45, 2.75) is 0 Å². The molecule has 0 atom stereocenters. The van der Waals surface area contributed by atoms with Crippen LogP contribution in [0.15, 0.2) is 37.8 Å². The summed E-state index contributed by atoms with van der Waals surface area (Å²) in [7, 11) is 0. The quantitative estimate of drug-likeness (QED) is 0.577. The predicted molar refractivity (Wildman–Crippen MR) is 73.8 cm³/mol. The van der Waals surface area contributed by atoms with Crippen LogP contribution in [0.4, 0.5) is 8.78 Å². The summed E-state index contributed by atoms with van der Waals surface area (Å²) in [6.45, 7) is 0. The molecule has 2 aromatic rings. The zero-order chi connectivity index (χ0) is 13.3. The summed E-state index contributed by atoms with van der Waals surface area (Å²) >= 11 is 9.51. The predicted octanol–water partition coefficient (Wildman–Crippen LogP) is 5.44. The Morgan fingerprint density at radius 3 is 2.39 bits per heavy atom. The highest BCUT2D eigenvalue weighted by atomic mass is 79.9. The fourth-order valence-corrected chi connectivity index (χ4v) is 2.67. The summed E-state index contributed by atoms with van der Waals surface area (Å²) in [6.07, 6.45) is 1.49. The highest BCUT2D eigenvalue weighted by Gasteiger charge is 2.14. The number of hydrogen-bond donors (Lipinski definition) is 0. The van der Waals surface area contributed by atoms with Crippen molar-refractivity contribution in [3.63, 3.8) is 0 Å². The Bertz CT molecular complexity index is 607. The van der Waals surface area contributed by atoms with Gasteiger partial charge in [-0.3, -0.25) is 0 Å². The standard InChI is InChI=1S/C11H4Br3F2NO/c12-5-2-8(15)10(16)9(3-5)18-11-7(14)1-6(13)4-17-11/h1-4H. The molecule has 0 aliphatic heterocycles. The van der Waals surface area contributed by atoms with Gasteiger partial charge in [-0.1, -0.05) is 15.9 Å². The van der Waals surface area contributed by atoms with Gasteiger partial charge in [0, 0.05) is 15.1 Å². The van der Waals surface area contributed by atoms with Crippen LogP contribution in [0.5, 0.6) is 11.6 Å². The van der Waals surface area contributed by atoms with Gasteiger partial charge in [0.2, 0.25) is 11.7 Å². The molecule has 0 N–H and O–H groups in total. The summed E-state index contributed by atoms with van der Waals surface area (Å²) in [4.78, 5) is 3.95. The van der Waals surface area contributed by atoms with Gasteiger partial charge in [0.1, 0.15) is 0 Å². The lowest BCUT2D eigenvalue weighted by Crippen LogP contribution is -1.94. The molecule has 0 spiro atoms. The van der Waals surface area contributed by atoms with Gasteiger partial charge in [0.15, 0.2) is 11.6 Å². The minimum absolute atomic E-state index is 0.148. The second-order valence-corrected chi connectivity index (χ2v) is 5.93. The van der Waals surface area contributed by atoms with E-state index in [1.165, 1.54) is 12.3 Å². The number of rotatable bonds is 2. The van der Waals surface area contributed by atoms with Crippen molar-refractivity contribution in [1.29, 1.82) is 0 Å². The average Bonchev–Trinajstić information content (AvgIpc) is 2.29. The van der Waals surface area contributed by atoms with E-state index in [0.717, 1.165) is 10.5 Å². The largest absolute Gasteiger partial charge is 0.435 e. The third-order valence-corrected chi connectivity index (χ3v) is 3.40. The van der Waals surface area contributed by atoms with Crippen molar-refractivity contribution in [2.75, 3.05) is 0 Å². The number of nitrogens with zero attached hydrogens (tertiary/aromatic N) is 1. The maximum absolute atomic E-state index is 13.5. The van der Waals surface area contributed by atoms with E-state index < -0.39 is 11.6 Å². The third kappa shape index (κ3) is 3.07. The van der Waals surface area contributed by atoms with E-state index in [9.17, 15) is 8.78 Å². The molecule has 2 rings (SSSR count). The molecule has 1 aromatic carbocycles. The van der Waals surface area contributed by atoms with Crippen LogP contribution in [0.25, 0.3) is 0 Å². The minimum atomic E-state index is -1.06. The number of halogens is 5. The SMILES string of the molecule is Fc1cc(Br)cc(Oc2ncc(Br)cc2Br)c1F. The molecule has 18 heavy (non-hydrogen) atoms. The summed E-state index contributed by atoms with van der Waals surface area (Å²) in [5.74, 6) is -2.14. The van der Waals surface area contributed by atoms with Crippen LogP contribution >= 0.6 is 47.8 Å². The smallest absolute Gasteiger partial charge is 0.233 e. The van der Waals surface area contributed by atoms with Gasteiger partial charge in [-0.25, -0.2) is 9.37 Å². The lowest BCUT2D eigenvalue weighted by molar-refractivity contribution is 0.403. The van der Waals surface area contributed by atoms with Crippen LogP contribution in [0.2, 0.25) is 0 Å². The van der Waals surface area contributed by atoms with Gasteiger partial charge in [0.05, 0.1) is 4.47 Å². The van der Waals surface area contributed by atoms with Crippen LogP contribution in [0, 0.1) is 11.6 Å². The molecular weight excluding hydrogens is 440 g/mol. The van der Waals surface area contributed by atoms with Crippen LogP contribution in [-0.2, 0) is 0 Å². The van der Waals surface area contributed by atoms with Gasteiger partial charge < -0.3 is 4.74 Å². The average molecular weight is 444 g/mol. The Morgan fingerprint density at radius 1 is 1.00 bits per heavy atom. The summed E-state index contributed by atoms with van der Waals surface area (Å²) in [5, 5.41) is 0. The Hall–Kier alpha value is -0.530. The topological polar surface area (TPSA) is 22.1 Å². The molecule has 0 amide bonds. The van der Waals surface area contributed by atoms with Crippen molar-refractivity contribution in [3.05, 3.63) is 49.4 Å².